The normalized spacial score (nSPS) is 29.4. The van der Waals surface area contributed by atoms with Gasteiger partial charge in [0.1, 0.15) is 0 Å². The van der Waals surface area contributed by atoms with Gasteiger partial charge in [-0.15, -0.1) is 11.3 Å². The molecule has 0 radical (unpaired) electrons. The van der Waals surface area contributed by atoms with E-state index in [9.17, 15) is 0 Å². The number of nitrogens with one attached hydrogen (secondary N) is 1. The van der Waals surface area contributed by atoms with Crippen LogP contribution < -0.4 is 5.32 Å². The fraction of sp³-hybridized carbons (Fsp3) is 0.667. The van der Waals surface area contributed by atoms with Crippen LogP contribution in [0.3, 0.4) is 0 Å². The Morgan fingerprint density at radius 1 is 1.69 bits per heavy atom. The molecule has 2 rings (SSSR count). The van der Waals surface area contributed by atoms with Gasteiger partial charge >= 0.3 is 0 Å². The van der Waals surface area contributed by atoms with Crippen LogP contribution in [0.2, 0.25) is 0 Å². The van der Waals surface area contributed by atoms with E-state index in [1.54, 1.807) is 11.3 Å². The van der Waals surface area contributed by atoms with Crippen LogP contribution in [0.25, 0.3) is 0 Å². The van der Waals surface area contributed by atoms with Crippen LogP contribution in [-0.2, 0) is 0 Å². The minimum absolute atomic E-state index is 0.575. The van der Waals surface area contributed by atoms with Gasteiger partial charge < -0.3 is 10.2 Å². The van der Waals surface area contributed by atoms with Crippen LogP contribution in [-0.4, -0.2) is 35.6 Å². The van der Waals surface area contributed by atoms with Crippen molar-refractivity contribution in [3.8, 4) is 0 Å². The van der Waals surface area contributed by atoms with Crippen molar-refractivity contribution in [2.75, 3.05) is 18.9 Å². The molecule has 1 fully saturated rings. The van der Waals surface area contributed by atoms with E-state index in [4.69, 9.17) is 0 Å². The summed E-state index contributed by atoms with van der Waals surface area (Å²) in [6.07, 6.45) is 3.06. The molecule has 0 bridgehead atoms. The number of hydrogen-bond donors (Lipinski definition) is 1. The second-order valence-electron chi connectivity index (χ2n) is 3.70. The zero-order chi connectivity index (χ0) is 9.26. The van der Waals surface area contributed by atoms with Crippen molar-refractivity contribution in [2.45, 2.75) is 25.4 Å². The Hall–Kier alpha value is -0.610. The molecule has 1 saturated heterocycles. The Labute approximate surface area is 82.8 Å². The van der Waals surface area contributed by atoms with Crippen LogP contribution in [0.1, 0.15) is 13.3 Å². The summed E-state index contributed by atoms with van der Waals surface area (Å²) in [5.74, 6) is 0. The molecule has 1 aliphatic rings. The van der Waals surface area contributed by atoms with Crippen molar-refractivity contribution >= 4 is 16.5 Å². The second kappa shape index (κ2) is 3.64. The standard InChI is InChI=1S/C9H15N3S/c1-7-5-8(6-12(7)2)11-9-10-3-4-13-9/h3-4,7-8H,5-6H2,1-2H3,(H,10,11). The third kappa shape index (κ3) is 2.00. The third-order valence-corrected chi connectivity index (χ3v) is 3.35. The molecule has 0 saturated carbocycles. The molecule has 2 heterocycles. The zero-order valence-corrected chi connectivity index (χ0v) is 8.84. The summed E-state index contributed by atoms with van der Waals surface area (Å²) >= 11 is 1.67. The SMILES string of the molecule is CC1CC(Nc2nccs2)CN1C. The first-order valence-electron chi connectivity index (χ1n) is 4.62. The number of hydrogen-bond acceptors (Lipinski definition) is 4. The average molecular weight is 197 g/mol. The van der Waals surface area contributed by atoms with Gasteiger partial charge in [0.25, 0.3) is 0 Å². The van der Waals surface area contributed by atoms with Gasteiger partial charge in [0.15, 0.2) is 5.13 Å². The highest BCUT2D eigenvalue weighted by molar-refractivity contribution is 7.13. The van der Waals surface area contributed by atoms with Gasteiger partial charge in [-0.25, -0.2) is 4.98 Å². The lowest BCUT2D eigenvalue weighted by molar-refractivity contribution is 0.330. The fourth-order valence-corrected chi connectivity index (χ4v) is 2.37. The van der Waals surface area contributed by atoms with Crippen molar-refractivity contribution in [1.29, 1.82) is 0 Å². The molecule has 72 valence electrons. The molecule has 1 N–H and O–H groups in total. The third-order valence-electron chi connectivity index (χ3n) is 2.65. The Balaban J connectivity index is 1.91. The van der Waals surface area contributed by atoms with Gasteiger partial charge in [0.2, 0.25) is 0 Å². The number of nitrogens with zero attached hydrogens (tertiary/aromatic N) is 2. The molecule has 0 aromatic carbocycles. The first-order valence-corrected chi connectivity index (χ1v) is 5.50. The maximum Gasteiger partial charge on any atom is 0.182 e. The summed E-state index contributed by atoms with van der Waals surface area (Å²) in [5, 5.41) is 6.50. The molecule has 0 amide bonds. The maximum absolute atomic E-state index is 4.22. The van der Waals surface area contributed by atoms with E-state index in [1.807, 2.05) is 11.6 Å². The molecule has 0 aliphatic carbocycles. The number of likely N-dealkylation sites (tertiary alicyclic amines) is 1. The number of thiazole rings is 1. The molecule has 1 aromatic rings. The lowest BCUT2D eigenvalue weighted by Crippen LogP contribution is -2.24. The Morgan fingerprint density at radius 3 is 3.08 bits per heavy atom. The van der Waals surface area contributed by atoms with E-state index in [1.165, 1.54) is 6.42 Å². The van der Waals surface area contributed by atoms with Crippen LogP contribution in [0.4, 0.5) is 5.13 Å². The van der Waals surface area contributed by atoms with E-state index < -0.39 is 0 Å². The van der Waals surface area contributed by atoms with Crippen LogP contribution in [0, 0.1) is 0 Å². The van der Waals surface area contributed by atoms with Crippen molar-refractivity contribution in [2.24, 2.45) is 0 Å². The fourth-order valence-electron chi connectivity index (χ4n) is 1.77. The van der Waals surface area contributed by atoms with Gasteiger partial charge in [-0.1, -0.05) is 0 Å². The average Bonchev–Trinajstić information content (AvgIpc) is 2.64. The summed E-state index contributed by atoms with van der Waals surface area (Å²) in [5.41, 5.74) is 0. The van der Waals surface area contributed by atoms with Crippen LogP contribution in [0.15, 0.2) is 11.6 Å². The summed E-state index contributed by atoms with van der Waals surface area (Å²) in [6, 6.07) is 1.27. The Morgan fingerprint density at radius 2 is 2.54 bits per heavy atom. The van der Waals surface area contributed by atoms with E-state index in [2.05, 4.69) is 29.2 Å². The molecule has 2 atom stereocenters. The molecular formula is C9H15N3S. The van der Waals surface area contributed by atoms with Gasteiger partial charge in [-0.3, -0.25) is 0 Å². The van der Waals surface area contributed by atoms with Crippen molar-refractivity contribution in [3.05, 3.63) is 11.6 Å². The minimum Gasteiger partial charge on any atom is -0.357 e. The molecule has 2 unspecified atom stereocenters. The number of aromatic nitrogens is 1. The van der Waals surface area contributed by atoms with E-state index in [-0.39, 0.29) is 0 Å². The molecule has 3 nitrogen and oxygen atoms in total. The highest BCUT2D eigenvalue weighted by Crippen LogP contribution is 2.20. The quantitative estimate of drug-likeness (QED) is 0.781. The molecular weight excluding hydrogens is 182 g/mol. The summed E-state index contributed by atoms with van der Waals surface area (Å²) in [6.45, 7) is 3.39. The van der Waals surface area contributed by atoms with E-state index in [0.29, 0.717) is 12.1 Å². The van der Waals surface area contributed by atoms with Gasteiger partial charge in [0, 0.05) is 30.2 Å². The van der Waals surface area contributed by atoms with Gasteiger partial charge in [-0.05, 0) is 20.4 Å². The van der Waals surface area contributed by atoms with Crippen LogP contribution >= 0.6 is 11.3 Å². The molecule has 1 aliphatic heterocycles. The predicted octanol–water partition coefficient (Wildman–Crippen LogP) is 1.65. The van der Waals surface area contributed by atoms with Crippen molar-refractivity contribution in [1.82, 2.24) is 9.88 Å². The minimum atomic E-state index is 0.575. The van der Waals surface area contributed by atoms with E-state index in [0.717, 1.165) is 11.7 Å². The van der Waals surface area contributed by atoms with Gasteiger partial charge in [0.05, 0.1) is 0 Å². The van der Waals surface area contributed by atoms with Crippen molar-refractivity contribution in [3.63, 3.8) is 0 Å². The number of rotatable bonds is 2. The topological polar surface area (TPSA) is 28.2 Å². The lowest BCUT2D eigenvalue weighted by Gasteiger charge is -2.12. The molecule has 4 heteroatoms. The summed E-state index contributed by atoms with van der Waals surface area (Å²) in [4.78, 5) is 6.60. The smallest absolute Gasteiger partial charge is 0.182 e. The summed E-state index contributed by atoms with van der Waals surface area (Å²) in [7, 11) is 2.17. The monoisotopic (exact) mass is 197 g/mol. The molecule has 0 spiro atoms. The van der Waals surface area contributed by atoms with Crippen LogP contribution in [0.5, 0.6) is 0 Å². The largest absolute Gasteiger partial charge is 0.357 e. The maximum atomic E-state index is 4.22. The lowest BCUT2D eigenvalue weighted by atomic mass is 10.2. The van der Waals surface area contributed by atoms with E-state index >= 15 is 0 Å². The first kappa shape index (κ1) is 8.97. The highest BCUT2D eigenvalue weighted by Gasteiger charge is 2.26. The zero-order valence-electron chi connectivity index (χ0n) is 8.03. The molecule has 1 aromatic heterocycles. The first-order chi connectivity index (χ1) is 6.25. The highest BCUT2D eigenvalue weighted by atomic mass is 32.1. The number of anilines is 1. The van der Waals surface area contributed by atoms with Gasteiger partial charge in [-0.2, -0.15) is 0 Å². The summed E-state index contributed by atoms with van der Waals surface area (Å²) < 4.78 is 0. The Kier molecular flexibility index (Phi) is 2.51. The molecule has 13 heavy (non-hydrogen) atoms. The van der Waals surface area contributed by atoms with Crippen molar-refractivity contribution < 1.29 is 0 Å². The number of likely N-dealkylation sites (N-methyl/N-ethyl adjacent to an activating group) is 1. The predicted molar refractivity (Wildman–Crippen MR) is 56.2 cm³/mol. The second-order valence-corrected chi connectivity index (χ2v) is 4.60. The Bertz CT molecular complexity index is 250.